The second kappa shape index (κ2) is 4.99. The van der Waals surface area contributed by atoms with E-state index < -0.39 is 6.03 Å². The quantitative estimate of drug-likeness (QED) is 0.584. The van der Waals surface area contributed by atoms with Crippen molar-refractivity contribution in [2.24, 2.45) is 10.8 Å². The summed E-state index contributed by atoms with van der Waals surface area (Å²) < 4.78 is 5.22. The van der Waals surface area contributed by atoms with Gasteiger partial charge in [-0.2, -0.15) is 5.10 Å². The maximum absolute atomic E-state index is 10.4. The molecule has 0 aliphatic rings. The molecule has 1 aromatic rings. The van der Waals surface area contributed by atoms with E-state index in [9.17, 15) is 4.79 Å². The highest BCUT2D eigenvalue weighted by atomic mass is 16.3. The van der Waals surface area contributed by atoms with Crippen molar-refractivity contribution in [3.05, 3.63) is 29.7 Å². The molecule has 3 N–H and O–H groups in total. The number of urea groups is 1. The summed E-state index contributed by atoms with van der Waals surface area (Å²) in [5.74, 6) is 0.699. The highest BCUT2D eigenvalue weighted by Crippen LogP contribution is 2.16. The van der Waals surface area contributed by atoms with Crippen LogP contribution in [0.5, 0.6) is 0 Å². The van der Waals surface area contributed by atoms with E-state index in [2.05, 4.69) is 10.5 Å². The zero-order valence-corrected chi connectivity index (χ0v) is 8.65. The van der Waals surface area contributed by atoms with Gasteiger partial charge in [0.25, 0.3) is 0 Å². The molecule has 1 heterocycles. The molecule has 0 bridgehead atoms. The fourth-order valence-corrected chi connectivity index (χ4v) is 1.03. The number of nitrogens with one attached hydrogen (secondary N) is 1. The second-order valence-corrected chi connectivity index (χ2v) is 3.13. The first-order chi connectivity index (χ1) is 7.11. The van der Waals surface area contributed by atoms with Crippen LogP contribution in [0.1, 0.15) is 19.6 Å². The summed E-state index contributed by atoms with van der Waals surface area (Å²) in [7, 11) is 0. The Kier molecular flexibility index (Phi) is 3.68. The van der Waals surface area contributed by atoms with Crippen molar-refractivity contribution >= 4 is 17.8 Å². The minimum absolute atomic E-state index is 0.696. The number of rotatable bonds is 3. The number of primary amides is 1. The lowest BCUT2D eigenvalue weighted by Gasteiger charge is -2.00. The molecule has 80 valence electrons. The zero-order chi connectivity index (χ0) is 11.3. The van der Waals surface area contributed by atoms with E-state index in [1.165, 1.54) is 6.21 Å². The van der Waals surface area contributed by atoms with Gasteiger partial charge in [-0.15, -0.1) is 0 Å². The average Bonchev–Trinajstić information content (AvgIpc) is 2.63. The Morgan fingerprint density at radius 1 is 1.60 bits per heavy atom. The molecule has 0 unspecified atom stereocenters. The van der Waals surface area contributed by atoms with Gasteiger partial charge in [-0.1, -0.05) is 5.57 Å². The first-order valence-electron chi connectivity index (χ1n) is 4.41. The second-order valence-electron chi connectivity index (χ2n) is 3.13. The number of nitrogens with two attached hydrogens (primary N) is 1. The summed E-state index contributed by atoms with van der Waals surface area (Å²) in [6.45, 7) is 3.85. The molecule has 0 atom stereocenters. The molecular formula is C10H13N3O2. The van der Waals surface area contributed by atoms with Crippen LogP contribution in [-0.4, -0.2) is 12.2 Å². The molecule has 2 amide bonds. The van der Waals surface area contributed by atoms with Gasteiger partial charge >= 0.3 is 6.03 Å². The minimum atomic E-state index is -0.696. The lowest BCUT2D eigenvalue weighted by molar-refractivity contribution is 0.249. The number of hydrogen-bond donors (Lipinski definition) is 2. The molecule has 5 nitrogen and oxygen atoms in total. The first kappa shape index (κ1) is 11.0. The Hall–Kier alpha value is -2.04. The molecule has 0 saturated carbocycles. The molecule has 0 saturated heterocycles. The van der Waals surface area contributed by atoms with E-state index in [0.717, 1.165) is 11.1 Å². The molecule has 1 rings (SSSR count). The van der Waals surface area contributed by atoms with Crippen LogP contribution in [0.4, 0.5) is 4.79 Å². The van der Waals surface area contributed by atoms with Crippen molar-refractivity contribution in [3.8, 4) is 0 Å². The van der Waals surface area contributed by atoms with E-state index in [-0.39, 0.29) is 0 Å². The molecule has 0 aliphatic heterocycles. The molecule has 1 aromatic heterocycles. The lowest BCUT2D eigenvalue weighted by atomic mass is 10.1. The highest BCUT2D eigenvalue weighted by Gasteiger charge is 2.03. The lowest BCUT2D eigenvalue weighted by Crippen LogP contribution is -2.24. The number of hydrogen-bond acceptors (Lipinski definition) is 3. The zero-order valence-electron chi connectivity index (χ0n) is 8.65. The smallest absolute Gasteiger partial charge is 0.332 e. The average molecular weight is 207 g/mol. The topological polar surface area (TPSA) is 80.6 Å². The predicted molar refractivity (Wildman–Crippen MR) is 58.2 cm³/mol. The number of carbonyl (C=O) groups excluding carboxylic acids is 1. The van der Waals surface area contributed by atoms with Gasteiger partial charge in [0.05, 0.1) is 12.5 Å². The Bertz CT molecular complexity index is 387. The number of allylic oxidation sites excluding steroid dienone is 2. The number of nitrogens with zero attached hydrogens (tertiary/aromatic N) is 1. The van der Waals surface area contributed by atoms with Crippen LogP contribution in [0.25, 0.3) is 5.57 Å². The first-order valence-corrected chi connectivity index (χ1v) is 4.41. The van der Waals surface area contributed by atoms with Gasteiger partial charge in [0.15, 0.2) is 0 Å². The molecule has 0 aliphatic carbocycles. The summed E-state index contributed by atoms with van der Waals surface area (Å²) in [5, 5.41) is 3.68. The third-order valence-electron chi connectivity index (χ3n) is 1.69. The number of furan rings is 1. The van der Waals surface area contributed by atoms with Crippen molar-refractivity contribution in [2.45, 2.75) is 13.8 Å². The molecule has 0 radical (unpaired) electrons. The summed E-state index contributed by atoms with van der Waals surface area (Å²) in [6, 6.07) is 2.91. The SMILES string of the molecule is CC(C)=C(C=NNC(N)=O)c1ccco1. The van der Waals surface area contributed by atoms with Gasteiger partial charge < -0.3 is 10.2 Å². The van der Waals surface area contributed by atoms with Crippen LogP contribution in [0.15, 0.2) is 33.5 Å². The molecule has 0 fully saturated rings. The van der Waals surface area contributed by atoms with E-state index in [1.54, 1.807) is 12.3 Å². The molecule has 5 heteroatoms. The van der Waals surface area contributed by atoms with Crippen LogP contribution in [0.2, 0.25) is 0 Å². The summed E-state index contributed by atoms with van der Waals surface area (Å²) in [5.41, 5.74) is 8.84. The molecule has 0 spiro atoms. The van der Waals surface area contributed by atoms with Gasteiger partial charge in [-0.05, 0) is 26.0 Å². The van der Waals surface area contributed by atoms with Crippen LogP contribution < -0.4 is 11.2 Å². The number of carbonyl (C=O) groups is 1. The summed E-state index contributed by atoms with van der Waals surface area (Å²) in [6.07, 6.45) is 3.08. The fraction of sp³-hybridized carbons (Fsp3) is 0.200. The fourth-order valence-electron chi connectivity index (χ4n) is 1.03. The number of amides is 2. The van der Waals surface area contributed by atoms with Crippen molar-refractivity contribution in [3.63, 3.8) is 0 Å². The highest BCUT2D eigenvalue weighted by molar-refractivity contribution is 6.09. The van der Waals surface area contributed by atoms with Gasteiger partial charge in [-0.3, -0.25) is 0 Å². The van der Waals surface area contributed by atoms with Crippen molar-refractivity contribution in [1.29, 1.82) is 0 Å². The van der Waals surface area contributed by atoms with Crippen LogP contribution in [-0.2, 0) is 0 Å². The Balaban J connectivity index is 2.83. The van der Waals surface area contributed by atoms with Gasteiger partial charge in [0.2, 0.25) is 0 Å². The van der Waals surface area contributed by atoms with Crippen molar-refractivity contribution in [2.75, 3.05) is 0 Å². The Morgan fingerprint density at radius 2 is 2.33 bits per heavy atom. The largest absolute Gasteiger partial charge is 0.464 e. The van der Waals surface area contributed by atoms with Crippen LogP contribution in [0.3, 0.4) is 0 Å². The normalized spacial score (nSPS) is 10.3. The van der Waals surface area contributed by atoms with Gasteiger partial charge in [0.1, 0.15) is 5.76 Å². The summed E-state index contributed by atoms with van der Waals surface area (Å²) >= 11 is 0. The van der Waals surface area contributed by atoms with E-state index in [0.29, 0.717) is 5.76 Å². The minimum Gasteiger partial charge on any atom is -0.464 e. The van der Waals surface area contributed by atoms with E-state index in [1.807, 2.05) is 19.9 Å². The Morgan fingerprint density at radius 3 is 2.80 bits per heavy atom. The standard InChI is InChI=1S/C10H13N3O2/c1-7(2)8(6-12-13-10(11)14)9-4-3-5-15-9/h3-6H,1-2H3,(H3,11,13,14). The van der Waals surface area contributed by atoms with Gasteiger partial charge in [0, 0.05) is 5.57 Å². The predicted octanol–water partition coefficient (Wildman–Crippen LogP) is 1.73. The van der Waals surface area contributed by atoms with E-state index >= 15 is 0 Å². The van der Waals surface area contributed by atoms with Crippen molar-refractivity contribution in [1.82, 2.24) is 5.43 Å². The van der Waals surface area contributed by atoms with Gasteiger partial charge in [-0.25, -0.2) is 10.2 Å². The molecule has 15 heavy (non-hydrogen) atoms. The monoisotopic (exact) mass is 207 g/mol. The molecular weight excluding hydrogens is 194 g/mol. The third kappa shape index (κ3) is 3.30. The van der Waals surface area contributed by atoms with Crippen LogP contribution >= 0.6 is 0 Å². The number of hydrazone groups is 1. The van der Waals surface area contributed by atoms with Crippen molar-refractivity contribution < 1.29 is 9.21 Å². The molecule has 0 aromatic carbocycles. The maximum atomic E-state index is 10.4. The van der Waals surface area contributed by atoms with Crippen LogP contribution in [0, 0.1) is 0 Å². The Labute approximate surface area is 87.6 Å². The maximum Gasteiger partial charge on any atom is 0.332 e. The third-order valence-corrected chi connectivity index (χ3v) is 1.69. The summed E-state index contributed by atoms with van der Waals surface area (Å²) in [4.78, 5) is 10.4. The van der Waals surface area contributed by atoms with E-state index in [4.69, 9.17) is 10.2 Å².